The highest BCUT2D eigenvalue weighted by atomic mass is 32.2. The predicted molar refractivity (Wildman–Crippen MR) is 77.2 cm³/mol. The molecule has 1 heterocycles. The van der Waals surface area contributed by atoms with Gasteiger partial charge in [-0.1, -0.05) is 0 Å². The van der Waals surface area contributed by atoms with Crippen molar-refractivity contribution in [1.82, 2.24) is 15.1 Å². The molecule has 3 atom stereocenters. The average molecular weight is 305 g/mol. The zero-order chi connectivity index (χ0) is 15.3. The zero-order valence-corrected chi connectivity index (χ0v) is 13.0. The highest BCUT2D eigenvalue weighted by Crippen LogP contribution is 2.07. The zero-order valence-electron chi connectivity index (χ0n) is 12.2. The van der Waals surface area contributed by atoms with Gasteiger partial charge in [0.2, 0.25) is 0 Å². The summed E-state index contributed by atoms with van der Waals surface area (Å²) in [5.74, 6) is -0.413. The molecule has 8 heteroatoms. The fraction of sp³-hybridized carbons (Fsp3) is 0.833. The maximum atomic E-state index is 12.0. The van der Waals surface area contributed by atoms with Crippen LogP contribution in [0, 0.1) is 0 Å². The predicted octanol–water partition coefficient (Wildman–Crippen LogP) is -0.446. The monoisotopic (exact) mass is 305 g/mol. The lowest BCUT2D eigenvalue weighted by Crippen LogP contribution is -2.56. The van der Waals surface area contributed by atoms with Crippen molar-refractivity contribution in [3.8, 4) is 0 Å². The summed E-state index contributed by atoms with van der Waals surface area (Å²) in [4.78, 5) is 26.4. The SMILES string of the molecule is CC(CS(C)=O)NC(=O)N1CCN(C(C)C(=O)O)CC1. The summed E-state index contributed by atoms with van der Waals surface area (Å²) < 4.78 is 11.1. The van der Waals surface area contributed by atoms with E-state index in [9.17, 15) is 13.8 Å². The van der Waals surface area contributed by atoms with Crippen LogP contribution in [0.2, 0.25) is 0 Å². The summed E-state index contributed by atoms with van der Waals surface area (Å²) in [5, 5.41) is 11.8. The van der Waals surface area contributed by atoms with Crippen molar-refractivity contribution in [1.29, 1.82) is 0 Å². The minimum Gasteiger partial charge on any atom is -0.480 e. The molecule has 0 saturated carbocycles. The van der Waals surface area contributed by atoms with Gasteiger partial charge in [-0.15, -0.1) is 0 Å². The lowest BCUT2D eigenvalue weighted by molar-refractivity contribution is -0.143. The Labute approximate surface area is 121 Å². The third kappa shape index (κ3) is 5.09. The van der Waals surface area contributed by atoms with Crippen molar-refractivity contribution < 1.29 is 18.9 Å². The summed E-state index contributed by atoms with van der Waals surface area (Å²) in [7, 11) is -0.941. The van der Waals surface area contributed by atoms with Gasteiger partial charge < -0.3 is 15.3 Å². The molecule has 2 amide bonds. The van der Waals surface area contributed by atoms with E-state index in [2.05, 4.69) is 5.32 Å². The normalized spacial score (nSPS) is 21.1. The molecule has 1 aliphatic heterocycles. The number of nitrogens with zero attached hydrogens (tertiary/aromatic N) is 2. The Kier molecular flexibility index (Phi) is 6.41. The third-order valence-corrected chi connectivity index (χ3v) is 4.33. The summed E-state index contributed by atoms with van der Waals surface area (Å²) in [6.45, 7) is 5.58. The molecule has 1 aliphatic rings. The standard InChI is InChI=1S/C12H23N3O4S/c1-9(8-20(3)19)13-12(18)15-6-4-14(5-7-15)10(2)11(16)17/h9-10H,4-8H2,1-3H3,(H,13,18)(H,16,17). The number of hydrogen-bond acceptors (Lipinski definition) is 4. The van der Waals surface area contributed by atoms with Gasteiger partial charge in [0.05, 0.1) is 0 Å². The van der Waals surface area contributed by atoms with E-state index in [1.165, 1.54) is 0 Å². The highest BCUT2D eigenvalue weighted by Gasteiger charge is 2.27. The van der Waals surface area contributed by atoms with E-state index >= 15 is 0 Å². The van der Waals surface area contributed by atoms with Crippen LogP contribution in [0.5, 0.6) is 0 Å². The molecule has 7 nitrogen and oxygen atoms in total. The van der Waals surface area contributed by atoms with Crippen molar-refractivity contribution in [2.24, 2.45) is 0 Å². The van der Waals surface area contributed by atoms with Crippen LogP contribution in [0.4, 0.5) is 4.79 Å². The number of urea groups is 1. The van der Waals surface area contributed by atoms with Crippen molar-refractivity contribution in [3.05, 3.63) is 0 Å². The van der Waals surface area contributed by atoms with Crippen molar-refractivity contribution in [2.75, 3.05) is 38.2 Å². The van der Waals surface area contributed by atoms with Crippen molar-refractivity contribution in [2.45, 2.75) is 25.9 Å². The first-order valence-corrected chi connectivity index (χ1v) is 8.36. The summed E-state index contributed by atoms with van der Waals surface area (Å²) >= 11 is 0. The van der Waals surface area contributed by atoms with Crippen LogP contribution in [0.15, 0.2) is 0 Å². The molecule has 0 aromatic rings. The van der Waals surface area contributed by atoms with E-state index < -0.39 is 22.8 Å². The minimum atomic E-state index is -0.941. The number of carboxylic acid groups (broad SMARTS) is 1. The van der Waals surface area contributed by atoms with E-state index in [1.54, 1.807) is 18.1 Å². The molecule has 0 bridgehead atoms. The molecular formula is C12H23N3O4S. The molecule has 1 rings (SSSR count). The maximum Gasteiger partial charge on any atom is 0.320 e. The number of nitrogens with one attached hydrogen (secondary N) is 1. The molecule has 0 aromatic heterocycles. The number of piperazine rings is 1. The number of aliphatic carboxylic acids is 1. The highest BCUT2D eigenvalue weighted by molar-refractivity contribution is 7.84. The molecular weight excluding hydrogens is 282 g/mol. The molecule has 0 aliphatic carbocycles. The Morgan fingerprint density at radius 3 is 2.25 bits per heavy atom. The molecule has 0 aromatic carbocycles. The number of carbonyl (C=O) groups is 2. The van der Waals surface area contributed by atoms with E-state index in [-0.39, 0.29) is 12.1 Å². The molecule has 116 valence electrons. The Balaban J connectivity index is 2.39. The Morgan fingerprint density at radius 2 is 1.80 bits per heavy atom. The van der Waals surface area contributed by atoms with E-state index in [4.69, 9.17) is 5.11 Å². The Bertz CT molecular complexity index is 383. The van der Waals surface area contributed by atoms with Gasteiger partial charge in [-0.3, -0.25) is 13.9 Å². The topological polar surface area (TPSA) is 90.0 Å². The van der Waals surface area contributed by atoms with Crippen molar-refractivity contribution in [3.63, 3.8) is 0 Å². The molecule has 0 radical (unpaired) electrons. The lowest BCUT2D eigenvalue weighted by atomic mass is 10.2. The fourth-order valence-electron chi connectivity index (χ4n) is 2.16. The Morgan fingerprint density at radius 1 is 1.25 bits per heavy atom. The quantitative estimate of drug-likeness (QED) is 0.718. The van der Waals surface area contributed by atoms with Gasteiger partial charge in [0.1, 0.15) is 6.04 Å². The number of carbonyl (C=O) groups excluding carboxylic acids is 1. The van der Waals surface area contributed by atoms with Gasteiger partial charge in [-0.2, -0.15) is 0 Å². The van der Waals surface area contributed by atoms with Crippen LogP contribution < -0.4 is 5.32 Å². The van der Waals surface area contributed by atoms with Crippen LogP contribution in [0.3, 0.4) is 0 Å². The average Bonchev–Trinajstić information content (AvgIpc) is 2.36. The van der Waals surface area contributed by atoms with Crippen molar-refractivity contribution >= 4 is 22.8 Å². The van der Waals surface area contributed by atoms with Gasteiger partial charge in [0.15, 0.2) is 0 Å². The molecule has 1 saturated heterocycles. The van der Waals surface area contributed by atoms with Crippen LogP contribution in [-0.2, 0) is 15.6 Å². The van der Waals surface area contributed by atoms with E-state index in [1.807, 2.05) is 11.8 Å². The van der Waals surface area contributed by atoms with Gasteiger partial charge >= 0.3 is 12.0 Å². The Hall–Kier alpha value is -1.15. The largest absolute Gasteiger partial charge is 0.480 e. The van der Waals surface area contributed by atoms with Gasteiger partial charge in [-0.05, 0) is 13.8 Å². The molecule has 3 unspecified atom stereocenters. The molecule has 0 spiro atoms. The second kappa shape index (κ2) is 7.58. The molecule has 1 fully saturated rings. The molecule has 2 N–H and O–H groups in total. The number of carboxylic acids is 1. The smallest absolute Gasteiger partial charge is 0.320 e. The number of hydrogen-bond donors (Lipinski definition) is 2. The van der Waals surface area contributed by atoms with Crippen LogP contribution >= 0.6 is 0 Å². The summed E-state index contributed by atoms with van der Waals surface area (Å²) in [6, 6.07) is -0.837. The van der Waals surface area contributed by atoms with Gasteiger partial charge in [0.25, 0.3) is 0 Å². The molecule has 20 heavy (non-hydrogen) atoms. The van der Waals surface area contributed by atoms with Gasteiger partial charge in [-0.25, -0.2) is 4.79 Å². The number of rotatable bonds is 5. The third-order valence-electron chi connectivity index (χ3n) is 3.36. The van der Waals surface area contributed by atoms with E-state index in [0.29, 0.717) is 31.9 Å². The first-order valence-electron chi connectivity index (χ1n) is 6.63. The second-order valence-corrected chi connectivity index (χ2v) is 6.61. The summed E-state index contributed by atoms with van der Waals surface area (Å²) in [5.41, 5.74) is 0. The summed E-state index contributed by atoms with van der Waals surface area (Å²) in [6.07, 6.45) is 1.61. The van der Waals surface area contributed by atoms with Crippen LogP contribution in [0.25, 0.3) is 0 Å². The first-order chi connectivity index (χ1) is 9.31. The van der Waals surface area contributed by atoms with Crippen LogP contribution in [0.1, 0.15) is 13.8 Å². The van der Waals surface area contributed by atoms with E-state index in [0.717, 1.165) is 0 Å². The first kappa shape index (κ1) is 16.9. The lowest BCUT2D eigenvalue weighted by Gasteiger charge is -2.36. The maximum absolute atomic E-state index is 12.0. The van der Waals surface area contributed by atoms with Crippen LogP contribution in [-0.4, -0.2) is 81.4 Å². The number of amides is 2. The minimum absolute atomic E-state index is 0.135. The fourth-order valence-corrected chi connectivity index (χ4v) is 2.95. The second-order valence-electron chi connectivity index (χ2n) is 5.13. The van der Waals surface area contributed by atoms with Gasteiger partial charge in [0, 0.05) is 55.0 Å².